The quantitative estimate of drug-likeness (QED) is 0.737. The van der Waals surface area contributed by atoms with Crippen molar-refractivity contribution in [3.8, 4) is 0 Å². The van der Waals surface area contributed by atoms with Gasteiger partial charge in [-0.1, -0.05) is 0 Å². The monoisotopic (exact) mass is 432 g/mol. The van der Waals surface area contributed by atoms with Crippen LogP contribution in [0.3, 0.4) is 0 Å². The molecule has 5 aliphatic rings. The van der Waals surface area contributed by atoms with E-state index < -0.39 is 36.2 Å². The molecule has 2 aliphatic carbocycles. The number of rotatable bonds is 4. The van der Waals surface area contributed by atoms with Gasteiger partial charge in [-0.25, -0.2) is 4.98 Å². The van der Waals surface area contributed by atoms with Crippen LogP contribution in [0.5, 0.6) is 0 Å². The summed E-state index contributed by atoms with van der Waals surface area (Å²) in [6, 6.07) is -1.76. The van der Waals surface area contributed by atoms with Gasteiger partial charge in [0.25, 0.3) is 5.92 Å². The first-order valence-corrected chi connectivity index (χ1v) is 10.1. The van der Waals surface area contributed by atoms with Crippen LogP contribution in [-0.2, 0) is 17.1 Å². The van der Waals surface area contributed by atoms with Crippen LogP contribution in [0.4, 0.5) is 33.7 Å². The van der Waals surface area contributed by atoms with E-state index in [1.807, 2.05) is 4.90 Å². The third-order valence-corrected chi connectivity index (χ3v) is 7.10. The summed E-state index contributed by atoms with van der Waals surface area (Å²) in [5, 5.41) is 9.08. The maximum atomic E-state index is 14.5. The highest BCUT2D eigenvalue weighted by Crippen LogP contribution is 2.51. The van der Waals surface area contributed by atoms with Crippen LogP contribution in [-0.4, -0.2) is 52.9 Å². The Morgan fingerprint density at radius 3 is 2.47 bits per heavy atom. The number of nitrogens with zero attached hydrogens (tertiary/aromatic N) is 4. The molecule has 0 amide bonds. The lowest BCUT2D eigenvalue weighted by molar-refractivity contribution is -0.160. The van der Waals surface area contributed by atoms with E-state index in [0.29, 0.717) is 24.5 Å². The minimum absolute atomic E-state index is 0.0551. The molecule has 4 atom stereocenters. The predicted molar refractivity (Wildman–Crippen MR) is 95.6 cm³/mol. The molecule has 30 heavy (non-hydrogen) atoms. The Morgan fingerprint density at radius 1 is 1.20 bits per heavy atom. The van der Waals surface area contributed by atoms with Crippen LogP contribution in [0, 0.1) is 17.8 Å². The molecule has 4 fully saturated rings. The number of carbonyl (C=O) groups is 1. The third-order valence-electron chi connectivity index (χ3n) is 7.10. The van der Waals surface area contributed by atoms with Crippen LogP contribution in [0.2, 0.25) is 0 Å². The summed E-state index contributed by atoms with van der Waals surface area (Å²) in [6.07, 6.45) is -3.98. The van der Waals surface area contributed by atoms with Crippen LogP contribution in [0.25, 0.3) is 0 Å². The Morgan fingerprint density at radius 2 is 1.90 bits per heavy atom. The summed E-state index contributed by atoms with van der Waals surface area (Å²) in [6.45, 7) is 1.02. The van der Waals surface area contributed by atoms with Gasteiger partial charge in [0.1, 0.15) is 17.6 Å². The molecular formula is C19H21F5N4O2. The summed E-state index contributed by atoms with van der Waals surface area (Å²) < 4.78 is 68.6. The molecule has 0 radical (unpaired) electrons. The Bertz CT molecular complexity index is 880. The van der Waals surface area contributed by atoms with Crippen molar-refractivity contribution in [2.75, 3.05) is 29.4 Å². The SMILES string of the molecule is O=C(O)C[C@H]1[C@@H]2C[C@H]1CN(c1nc(N3CC[C@@H]3C(F)(F)F)nc3c1CCC3(F)F)C2. The van der Waals surface area contributed by atoms with Crippen molar-refractivity contribution in [2.24, 2.45) is 17.8 Å². The fourth-order valence-electron chi connectivity index (χ4n) is 5.45. The Hall–Kier alpha value is -2.20. The van der Waals surface area contributed by atoms with E-state index in [9.17, 15) is 26.7 Å². The van der Waals surface area contributed by atoms with Crippen molar-refractivity contribution in [1.82, 2.24) is 9.97 Å². The lowest BCUT2D eigenvalue weighted by atomic mass is 9.60. The maximum Gasteiger partial charge on any atom is 0.408 e. The van der Waals surface area contributed by atoms with E-state index in [1.165, 1.54) is 0 Å². The molecule has 3 aliphatic heterocycles. The molecule has 164 valence electrons. The highest BCUT2D eigenvalue weighted by atomic mass is 19.4. The number of carboxylic acids is 1. The van der Waals surface area contributed by atoms with E-state index in [-0.39, 0.29) is 49.5 Å². The van der Waals surface area contributed by atoms with E-state index in [4.69, 9.17) is 5.11 Å². The number of carboxylic acid groups (broad SMARTS) is 1. The number of hydrogen-bond acceptors (Lipinski definition) is 5. The molecule has 1 saturated carbocycles. The van der Waals surface area contributed by atoms with Gasteiger partial charge in [0.15, 0.2) is 0 Å². The minimum Gasteiger partial charge on any atom is -0.481 e. The van der Waals surface area contributed by atoms with Gasteiger partial charge in [0.2, 0.25) is 5.95 Å². The van der Waals surface area contributed by atoms with Gasteiger partial charge in [-0.15, -0.1) is 0 Å². The maximum absolute atomic E-state index is 14.5. The number of halogens is 5. The van der Waals surface area contributed by atoms with Gasteiger partial charge in [0.05, 0.1) is 0 Å². The second kappa shape index (κ2) is 6.40. The highest BCUT2D eigenvalue weighted by Gasteiger charge is 2.52. The van der Waals surface area contributed by atoms with Crippen molar-refractivity contribution < 1.29 is 31.9 Å². The molecule has 1 N–H and O–H groups in total. The molecule has 4 heterocycles. The second-order valence-electron chi connectivity index (χ2n) is 8.84. The number of piperidine rings is 2. The zero-order valence-corrected chi connectivity index (χ0v) is 16.0. The van der Waals surface area contributed by atoms with Crippen LogP contribution in [0.1, 0.15) is 36.9 Å². The fourth-order valence-corrected chi connectivity index (χ4v) is 5.45. The van der Waals surface area contributed by atoms with E-state index in [1.54, 1.807) is 0 Å². The van der Waals surface area contributed by atoms with Gasteiger partial charge in [-0.2, -0.15) is 26.9 Å². The molecule has 3 saturated heterocycles. The van der Waals surface area contributed by atoms with Gasteiger partial charge in [-0.05, 0) is 37.0 Å². The molecule has 6 rings (SSSR count). The van der Waals surface area contributed by atoms with Gasteiger partial charge in [0, 0.05) is 38.0 Å². The molecule has 0 aromatic carbocycles. The molecule has 11 heteroatoms. The van der Waals surface area contributed by atoms with Crippen LogP contribution < -0.4 is 9.80 Å². The normalized spacial score (nSPS) is 31.8. The standard InChI is InChI=1S/C19H21F5N4O2/c20-18(21)3-1-11-15(18)25-17(28-4-2-13(28)19(22,23)24)26-16(11)27-7-9-5-10(8-27)12(9)6-14(29)30/h9-10,12-13H,1-8H2,(H,29,30)/t9-,10+,12+,13-/m1/s1. The van der Waals surface area contributed by atoms with E-state index in [0.717, 1.165) is 11.3 Å². The lowest BCUT2D eigenvalue weighted by Crippen LogP contribution is -2.57. The zero-order valence-electron chi connectivity index (χ0n) is 16.0. The Balaban J connectivity index is 1.47. The average Bonchev–Trinajstić information content (AvgIpc) is 2.92. The first-order valence-electron chi connectivity index (χ1n) is 10.1. The molecule has 1 aromatic heterocycles. The largest absolute Gasteiger partial charge is 0.481 e. The van der Waals surface area contributed by atoms with Crippen LogP contribution >= 0.6 is 0 Å². The van der Waals surface area contributed by atoms with Crippen molar-refractivity contribution in [1.29, 1.82) is 0 Å². The van der Waals surface area contributed by atoms with Crippen molar-refractivity contribution in [2.45, 2.75) is 50.2 Å². The summed E-state index contributed by atoms with van der Waals surface area (Å²) in [7, 11) is 0. The first-order chi connectivity index (χ1) is 14.0. The highest BCUT2D eigenvalue weighted by molar-refractivity contribution is 5.67. The lowest BCUT2D eigenvalue weighted by Gasteiger charge is -2.54. The number of aliphatic carboxylic acids is 1. The molecule has 1 aromatic rings. The predicted octanol–water partition coefficient (Wildman–Crippen LogP) is 3.20. The van der Waals surface area contributed by atoms with Crippen molar-refractivity contribution in [3.63, 3.8) is 0 Å². The Kier molecular flexibility index (Phi) is 4.21. The van der Waals surface area contributed by atoms with Gasteiger partial charge in [-0.3, -0.25) is 4.79 Å². The molecule has 6 nitrogen and oxygen atoms in total. The van der Waals surface area contributed by atoms with E-state index >= 15 is 0 Å². The first kappa shape index (κ1) is 19.7. The summed E-state index contributed by atoms with van der Waals surface area (Å²) in [4.78, 5) is 22.1. The zero-order chi connectivity index (χ0) is 21.4. The van der Waals surface area contributed by atoms with E-state index in [2.05, 4.69) is 9.97 Å². The minimum atomic E-state index is -4.47. The Labute approximate surface area is 169 Å². The second-order valence-corrected chi connectivity index (χ2v) is 8.84. The van der Waals surface area contributed by atoms with Gasteiger partial charge >= 0.3 is 12.1 Å². The number of anilines is 2. The molecule has 2 bridgehead atoms. The molecule has 0 spiro atoms. The van der Waals surface area contributed by atoms with Crippen molar-refractivity contribution >= 4 is 17.7 Å². The van der Waals surface area contributed by atoms with Crippen molar-refractivity contribution in [3.05, 3.63) is 11.3 Å². The fraction of sp³-hybridized carbons (Fsp3) is 0.737. The van der Waals surface area contributed by atoms with Crippen LogP contribution in [0.15, 0.2) is 0 Å². The molecule has 0 unspecified atom stereocenters. The number of aromatic nitrogens is 2. The average molecular weight is 432 g/mol. The topological polar surface area (TPSA) is 69.6 Å². The summed E-state index contributed by atoms with van der Waals surface area (Å²) in [5.41, 5.74) is -0.152. The summed E-state index contributed by atoms with van der Waals surface area (Å²) in [5.74, 6) is -3.73. The molecular weight excluding hydrogens is 411 g/mol. The third kappa shape index (κ3) is 2.99. The number of hydrogen-bond donors (Lipinski definition) is 1. The number of alkyl halides is 5. The number of fused-ring (bicyclic) bond motifs is 3. The van der Waals surface area contributed by atoms with Gasteiger partial charge < -0.3 is 14.9 Å². The summed E-state index contributed by atoms with van der Waals surface area (Å²) >= 11 is 0. The smallest absolute Gasteiger partial charge is 0.408 e.